The smallest absolute Gasteiger partial charge is 0.458 e. The highest BCUT2D eigenvalue weighted by atomic mass is 28.4. The number of esters is 3. The fraction of sp³-hybridized carbons (Fsp3) is 0.643. The van der Waals surface area contributed by atoms with E-state index in [-0.39, 0.29) is 30.3 Å². The maximum Gasteiger partial charge on any atom is 0.500 e. The number of ether oxygens (including phenoxy) is 4. The predicted octanol–water partition coefficient (Wildman–Crippen LogP) is 2.26. The molecule has 12 nitrogen and oxygen atoms in total. The highest BCUT2D eigenvalue weighted by Crippen LogP contribution is 2.40. The van der Waals surface area contributed by atoms with E-state index in [1.807, 2.05) is 20.8 Å². The van der Waals surface area contributed by atoms with Gasteiger partial charge in [0.05, 0.1) is 18.1 Å². The number of fused-ring (bicyclic) bond motifs is 2. The van der Waals surface area contributed by atoms with Gasteiger partial charge in [-0.1, -0.05) is 25.3 Å². The van der Waals surface area contributed by atoms with Crippen molar-refractivity contribution >= 4 is 32.6 Å². The Morgan fingerprint density at radius 1 is 0.854 bits per heavy atom. The molecule has 0 spiro atoms. The molecule has 0 aliphatic carbocycles. The van der Waals surface area contributed by atoms with Crippen LogP contribution in [0.15, 0.2) is 36.5 Å². The second kappa shape index (κ2) is 16.6. The number of rotatable bonds is 19. The van der Waals surface area contributed by atoms with Crippen molar-refractivity contribution in [2.75, 3.05) is 39.6 Å². The Kier molecular flexibility index (Phi) is 13.9. The molecule has 0 radical (unpaired) electrons. The van der Waals surface area contributed by atoms with Gasteiger partial charge in [-0.2, -0.15) is 0 Å². The molecule has 2 rings (SSSR count). The van der Waals surface area contributed by atoms with Crippen LogP contribution in [0.3, 0.4) is 0 Å². The van der Waals surface area contributed by atoms with Gasteiger partial charge in [0.2, 0.25) is 5.91 Å². The lowest BCUT2D eigenvalue weighted by atomic mass is 9.82. The van der Waals surface area contributed by atoms with Gasteiger partial charge in [0.1, 0.15) is 19.1 Å². The van der Waals surface area contributed by atoms with E-state index in [0.717, 1.165) is 0 Å². The molecule has 230 valence electrons. The molecule has 0 aromatic carbocycles. The number of carbonyl (C=O) groups is 4. The van der Waals surface area contributed by atoms with Crippen LogP contribution < -0.4 is 5.32 Å². The van der Waals surface area contributed by atoms with Gasteiger partial charge in [-0.05, 0) is 41.0 Å². The van der Waals surface area contributed by atoms with Gasteiger partial charge < -0.3 is 37.5 Å². The normalized spacial score (nSPS) is 21.0. The van der Waals surface area contributed by atoms with Crippen molar-refractivity contribution in [2.24, 2.45) is 11.8 Å². The largest absolute Gasteiger partial charge is 0.500 e. The van der Waals surface area contributed by atoms with Crippen molar-refractivity contribution in [1.82, 2.24) is 5.32 Å². The standard InChI is InChI=1S/C28H43NO11Si/c1-8-36-41(37-9-2,38-10-3)15-11-14-29-25(30)23-21-12-13-22(40-21)24(23)28(33)39-20(16-34-26(31)18(4)5)17-35-27(32)19(6)7/h12-13,20-24H,4,6,8-11,14-17H2,1-3,5,7H3,(H,29,30). The van der Waals surface area contributed by atoms with Crippen LogP contribution in [0.5, 0.6) is 0 Å². The fourth-order valence-corrected chi connectivity index (χ4v) is 7.09. The molecule has 1 N–H and O–H groups in total. The van der Waals surface area contributed by atoms with E-state index in [1.54, 1.807) is 12.2 Å². The Labute approximate surface area is 242 Å². The molecule has 2 bridgehead atoms. The van der Waals surface area contributed by atoms with E-state index in [9.17, 15) is 19.2 Å². The van der Waals surface area contributed by atoms with Gasteiger partial charge in [0.15, 0.2) is 6.10 Å². The Morgan fingerprint density at radius 3 is 1.80 bits per heavy atom. The third-order valence-corrected chi connectivity index (χ3v) is 9.46. The molecular formula is C28H43NO11Si. The molecule has 4 atom stereocenters. The lowest BCUT2D eigenvalue weighted by Gasteiger charge is -2.28. The van der Waals surface area contributed by atoms with Crippen LogP contribution in [0.25, 0.3) is 0 Å². The molecule has 1 amide bonds. The van der Waals surface area contributed by atoms with Gasteiger partial charge >= 0.3 is 26.7 Å². The van der Waals surface area contributed by atoms with E-state index in [2.05, 4.69) is 18.5 Å². The lowest BCUT2D eigenvalue weighted by Crippen LogP contribution is -2.47. The van der Waals surface area contributed by atoms with E-state index in [0.29, 0.717) is 38.8 Å². The lowest BCUT2D eigenvalue weighted by molar-refractivity contribution is -0.169. The number of hydrogen-bond donors (Lipinski definition) is 1. The van der Waals surface area contributed by atoms with Gasteiger partial charge in [0, 0.05) is 43.6 Å². The first kappa shape index (κ1) is 34.4. The molecule has 41 heavy (non-hydrogen) atoms. The second-order valence-corrected chi connectivity index (χ2v) is 12.4. The van der Waals surface area contributed by atoms with Crippen LogP contribution in [-0.2, 0) is 51.4 Å². The van der Waals surface area contributed by atoms with Gasteiger partial charge in [-0.15, -0.1) is 0 Å². The van der Waals surface area contributed by atoms with Gasteiger partial charge in [0.25, 0.3) is 0 Å². The summed E-state index contributed by atoms with van der Waals surface area (Å²) >= 11 is 0. The first-order valence-corrected chi connectivity index (χ1v) is 15.8. The summed E-state index contributed by atoms with van der Waals surface area (Å²) in [5.74, 6) is -4.25. The number of nitrogens with one attached hydrogen (secondary N) is 1. The number of carbonyl (C=O) groups excluding carboxylic acids is 4. The maximum atomic E-state index is 13.3. The number of hydrogen-bond acceptors (Lipinski definition) is 11. The Morgan fingerprint density at radius 2 is 1.34 bits per heavy atom. The van der Waals surface area contributed by atoms with E-state index >= 15 is 0 Å². The Balaban J connectivity index is 2.04. The summed E-state index contributed by atoms with van der Waals surface area (Å²) in [6.07, 6.45) is 1.64. The van der Waals surface area contributed by atoms with Crippen LogP contribution in [0, 0.1) is 11.8 Å². The SMILES string of the molecule is C=C(C)C(=O)OCC(COC(=O)C(=C)C)OC(=O)C1C2C=CC(O2)C1C(=O)NCCC[Si](OCC)(OCC)OCC. The zero-order valence-corrected chi connectivity index (χ0v) is 25.6. The van der Waals surface area contributed by atoms with E-state index < -0.39 is 56.9 Å². The molecule has 0 aromatic heterocycles. The third-order valence-electron chi connectivity index (χ3n) is 6.31. The van der Waals surface area contributed by atoms with Crippen LogP contribution in [0.2, 0.25) is 6.04 Å². The zero-order valence-electron chi connectivity index (χ0n) is 24.6. The van der Waals surface area contributed by atoms with Crippen molar-refractivity contribution < 1.29 is 51.4 Å². The monoisotopic (exact) mass is 597 g/mol. The van der Waals surface area contributed by atoms with Crippen LogP contribution in [-0.4, -0.2) is 90.5 Å². The molecule has 4 unspecified atom stereocenters. The molecule has 13 heteroatoms. The number of amides is 1. The van der Waals surface area contributed by atoms with Crippen molar-refractivity contribution in [3.8, 4) is 0 Å². The third kappa shape index (κ3) is 9.89. The van der Waals surface area contributed by atoms with Crippen LogP contribution in [0.1, 0.15) is 41.0 Å². The van der Waals surface area contributed by atoms with Gasteiger partial charge in [-0.25, -0.2) is 9.59 Å². The topological polar surface area (TPSA) is 145 Å². The Bertz CT molecular complexity index is 951. The Hall–Kier alpha value is -2.84. The van der Waals surface area contributed by atoms with Crippen molar-refractivity contribution in [3.05, 3.63) is 36.5 Å². The molecule has 2 heterocycles. The summed E-state index contributed by atoms with van der Waals surface area (Å²) in [4.78, 5) is 50.3. The second-order valence-electron chi connectivity index (χ2n) is 9.69. The highest BCUT2D eigenvalue weighted by molar-refractivity contribution is 6.60. The molecule has 1 saturated heterocycles. The van der Waals surface area contributed by atoms with Crippen molar-refractivity contribution in [3.63, 3.8) is 0 Å². The maximum absolute atomic E-state index is 13.3. The first-order valence-electron chi connectivity index (χ1n) is 13.9. The molecule has 0 aromatic rings. The van der Waals surface area contributed by atoms with E-state index in [1.165, 1.54) is 13.8 Å². The summed E-state index contributed by atoms with van der Waals surface area (Å²) in [7, 11) is -2.85. The average Bonchev–Trinajstić information content (AvgIpc) is 3.54. The minimum Gasteiger partial charge on any atom is -0.458 e. The summed E-state index contributed by atoms with van der Waals surface area (Å²) in [5.41, 5.74) is 0.308. The molecule has 1 fully saturated rings. The summed E-state index contributed by atoms with van der Waals surface area (Å²) in [6, 6.07) is 0.523. The molecule has 0 saturated carbocycles. The average molecular weight is 598 g/mol. The van der Waals surface area contributed by atoms with Crippen molar-refractivity contribution in [1.29, 1.82) is 0 Å². The highest BCUT2D eigenvalue weighted by Gasteiger charge is 2.54. The van der Waals surface area contributed by atoms with Crippen molar-refractivity contribution in [2.45, 2.75) is 65.4 Å². The van der Waals surface area contributed by atoms with E-state index in [4.69, 9.17) is 32.2 Å². The summed E-state index contributed by atoms with van der Waals surface area (Å²) in [6.45, 7) is 16.5. The first-order chi connectivity index (χ1) is 19.5. The molecular weight excluding hydrogens is 554 g/mol. The van der Waals surface area contributed by atoms with Crippen LogP contribution in [0.4, 0.5) is 0 Å². The quantitative estimate of drug-likeness (QED) is 0.0584. The fourth-order valence-electron chi connectivity index (χ4n) is 4.48. The summed E-state index contributed by atoms with van der Waals surface area (Å²) in [5, 5.41) is 2.89. The predicted molar refractivity (Wildman–Crippen MR) is 149 cm³/mol. The minimum absolute atomic E-state index is 0.154. The molecule has 2 aliphatic rings. The minimum atomic E-state index is -2.85. The zero-order chi connectivity index (χ0) is 30.6. The van der Waals surface area contributed by atoms with Gasteiger partial charge in [-0.3, -0.25) is 9.59 Å². The van der Waals surface area contributed by atoms with Crippen LogP contribution >= 0.6 is 0 Å². The molecule has 2 aliphatic heterocycles. The summed E-state index contributed by atoms with van der Waals surface area (Å²) < 4.78 is 39.2.